The van der Waals surface area contributed by atoms with Crippen LogP contribution in [0.25, 0.3) is 28.1 Å². The molecular formula is C26H25N2+. The summed E-state index contributed by atoms with van der Waals surface area (Å²) >= 11 is 0. The minimum atomic E-state index is -0.268. The molecule has 1 unspecified atom stereocenters. The van der Waals surface area contributed by atoms with Crippen LogP contribution in [0.3, 0.4) is 0 Å². The van der Waals surface area contributed by atoms with Crippen LogP contribution in [-0.2, 0) is 11.0 Å². The summed E-state index contributed by atoms with van der Waals surface area (Å²) in [7, 11) is 0. The van der Waals surface area contributed by atoms with E-state index in [1.807, 2.05) is 0 Å². The van der Waals surface area contributed by atoms with Crippen molar-refractivity contribution in [3.8, 4) is 17.1 Å². The Hall–Kier alpha value is -3.13. The van der Waals surface area contributed by atoms with Crippen LogP contribution in [0, 0.1) is 0 Å². The average molecular weight is 366 g/mol. The second kappa shape index (κ2) is 5.68. The fourth-order valence-electron chi connectivity index (χ4n) is 4.84. The number of nitrogens with zero attached hydrogens (tertiary/aromatic N) is 2. The molecule has 2 nitrogen and oxygen atoms in total. The Morgan fingerprint density at radius 2 is 1.46 bits per heavy atom. The van der Waals surface area contributed by atoms with Gasteiger partial charge < -0.3 is 0 Å². The summed E-state index contributed by atoms with van der Waals surface area (Å²) in [6.45, 7) is 11.3. The third-order valence-corrected chi connectivity index (χ3v) is 6.77. The number of rotatable bonds is 2. The van der Waals surface area contributed by atoms with E-state index in [0.29, 0.717) is 0 Å². The first kappa shape index (κ1) is 17.0. The summed E-state index contributed by atoms with van der Waals surface area (Å²) in [5.74, 6) is 1.21. The minimum absolute atomic E-state index is 0.103. The van der Waals surface area contributed by atoms with Crippen molar-refractivity contribution in [1.29, 1.82) is 0 Å². The predicted molar refractivity (Wildman–Crippen MR) is 116 cm³/mol. The molecule has 3 aromatic carbocycles. The Morgan fingerprint density at radius 1 is 0.821 bits per heavy atom. The van der Waals surface area contributed by atoms with Crippen LogP contribution < -0.4 is 4.57 Å². The molecule has 2 heteroatoms. The van der Waals surface area contributed by atoms with Gasteiger partial charge in [0.25, 0.3) is 5.82 Å². The Morgan fingerprint density at radius 3 is 2.21 bits per heavy atom. The van der Waals surface area contributed by atoms with Gasteiger partial charge in [-0.25, -0.2) is 4.57 Å². The van der Waals surface area contributed by atoms with E-state index in [0.717, 1.165) is 0 Å². The molecule has 0 bridgehead atoms. The van der Waals surface area contributed by atoms with Gasteiger partial charge in [0.1, 0.15) is 11.2 Å². The molecule has 0 radical (unpaired) electrons. The van der Waals surface area contributed by atoms with Crippen molar-refractivity contribution in [1.82, 2.24) is 4.57 Å². The van der Waals surface area contributed by atoms with E-state index in [1.165, 1.54) is 33.7 Å². The number of benzene rings is 3. The van der Waals surface area contributed by atoms with Crippen molar-refractivity contribution < 1.29 is 4.57 Å². The molecule has 28 heavy (non-hydrogen) atoms. The van der Waals surface area contributed by atoms with E-state index < -0.39 is 0 Å². The maximum atomic E-state index is 4.28. The van der Waals surface area contributed by atoms with Gasteiger partial charge in [-0.2, -0.15) is 4.57 Å². The molecule has 4 aromatic rings. The molecule has 1 atom stereocenters. The van der Waals surface area contributed by atoms with Crippen LogP contribution in [-0.4, -0.2) is 4.57 Å². The van der Waals surface area contributed by atoms with Crippen molar-refractivity contribution in [2.45, 2.75) is 31.7 Å². The largest absolute Gasteiger partial charge is 0.296 e. The third kappa shape index (κ3) is 1.95. The molecular weight excluding hydrogens is 340 g/mol. The summed E-state index contributed by atoms with van der Waals surface area (Å²) in [5.41, 5.74) is 5.89. The number of fused-ring (bicyclic) bond motifs is 5. The van der Waals surface area contributed by atoms with Crippen LogP contribution in [0.2, 0.25) is 0 Å². The number of para-hydroxylation sites is 3. The molecule has 1 aliphatic heterocycles. The van der Waals surface area contributed by atoms with Crippen LogP contribution in [0.1, 0.15) is 26.3 Å². The highest BCUT2D eigenvalue weighted by molar-refractivity contribution is 5.81. The van der Waals surface area contributed by atoms with Gasteiger partial charge in [0.15, 0.2) is 11.0 Å². The number of allylic oxidation sites excluding steroid dienone is 1. The molecule has 0 saturated heterocycles. The quantitative estimate of drug-likeness (QED) is 0.315. The van der Waals surface area contributed by atoms with Crippen molar-refractivity contribution >= 4 is 11.0 Å². The van der Waals surface area contributed by atoms with E-state index in [1.54, 1.807) is 0 Å². The second-order valence-electron chi connectivity index (χ2n) is 8.34. The molecule has 0 saturated carbocycles. The Labute approximate surface area is 166 Å². The zero-order chi connectivity index (χ0) is 19.5. The van der Waals surface area contributed by atoms with Crippen molar-refractivity contribution in [3.63, 3.8) is 0 Å². The van der Waals surface area contributed by atoms with Gasteiger partial charge in [-0.3, -0.25) is 0 Å². The highest BCUT2D eigenvalue weighted by atomic mass is 15.2. The third-order valence-electron chi connectivity index (χ3n) is 6.77. The lowest BCUT2D eigenvalue weighted by atomic mass is 9.65. The van der Waals surface area contributed by atoms with E-state index in [4.69, 9.17) is 0 Å². The first-order valence-corrected chi connectivity index (χ1v) is 9.85. The van der Waals surface area contributed by atoms with E-state index in [9.17, 15) is 0 Å². The lowest BCUT2D eigenvalue weighted by molar-refractivity contribution is -0.728. The van der Waals surface area contributed by atoms with Gasteiger partial charge in [-0.05, 0) is 48.9 Å². The van der Waals surface area contributed by atoms with Crippen molar-refractivity contribution in [2.75, 3.05) is 0 Å². The van der Waals surface area contributed by atoms with Crippen LogP contribution in [0.4, 0.5) is 0 Å². The topological polar surface area (TPSA) is 8.81 Å². The first-order chi connectivity index (χ1) is 13.5. The van der Waals surface area contributed by atoms with Gasteiger partial charge in [0.05, 0.1) is 5.56 Å². The van der Waals surface area contributed by atoms with Gasteiger partial charge in [-0.1, -0.05) is 69.0 Å². The molecule has 2 heterocycles. The first-order valence-electron chi connectivity index (χ1n) is 9.85. The molecule has 138 valence electrons. The summed E-state index contributed by atoms with van der Waals surface area (Å²) in [6.07, 6.45) is 2.12. The highest BCUT2D eigenvalue weighted by Crippen LogP contribution is 2.48. The average Bonchev–Trinajstić information content (AvgIpc) is 3.09. The Kier molecular flexibility index (Phi) is 3.45. The SMILES string of the molecule is C=CC1(C)[n+]2c(n(-c3ccccc3)c3ccccc32)-c2ccccc2C1(C)C. The lowest BCUT2D eigenvalue weighted by Crippen LogP contribution is -2.65. The standard InChI is InChI=1S/C26H25N2/c1-5-26(4)25(2,3)21-16-10-9-15-20(21)24-27(19-13-7-6-8-14-19)22-17-11-12-18-23(22)28(24)26/h5-18H,1H2,2-4H3/q+1. The molecule has 0 aliphatic carbocycles. The van der Waals surface area contributed by atoms with Crippen LogP contribution in [0.15, 0.2) is 91.5 Å². The Bertz CT molecular complexity index is 1210. The molecule has 0 amide bonds. The fraction of sp³-hybridized carbons (Fsp3) is 0.192. The normalized spacial score (nSPS) is 19.8. The zero-order valence-corrected chi connectivity index (χ0v) is 16.7. The van der Waals surface area contributed by atoms with Gasteiger partial charge in [0, 0.05) is 5.41 Å². The van der Waals surface area contributed by atoms with Crippen molar-refractivity contribution in [3.05, 3.63) is 97.1 Å². The molecule has 1 aliphatic rings. The molecule has 0 spiro atoms. The maximum Gasteiger partial charge on any atom is 0.296 e. The number of hydrogen-bond acceptors (Lipinski definition) is 0. The molecule has 0 N–H and O–H groups in total. The maximum absolute atomic E-state index is 4.28. The fourth-order valence-corrected chi connectivity index (χ4v) is 4.84. The summed E-state index contributed by atoms with van der Waals surface area (Å²) in [6, 6.07) is 28.1. The second-order valence-corrected chi connectivity index (χ2v) is 8.34. The van der Waals surface area contributed by atoms with Gasteiger partial charge in [0.2, 0.25) is 0 Å². The number of aromatic nitrogens is 2. The minimum Gasteiger partial charge on any atom is -0.213 e. The van der Waals surface area contributed by atoms with Crippen molar-refractivity contribution in [2.24, 2.45) is 0 Å². The van der Waals surface area contributed by atoms with Crippen LogP contribution in [0.5, 0.6) is 0 Å². The van der Waals surface area contributed by atoms with Crippen LogP contribution >= 0.6 is 0 Å². The zero-order valence-electron chi connectivity index (χ0n) is 16.7. The molecule has 1 aromatic heterocycles. The van der Waals surface area contributed by atoms with E-state index in [-0.39, 0.29) is 11.0 Å². The number of hydrogen-bond donors (Lipinski definition) is 0. The molecule has 5 rings (SSSR count). The summed E-state index contributed by atoms with van der Waals surface area (Å²) < 4.78 is 4.88. The van der Waals surface area contributed by atoms with Gasteiger partial charge >= 0.3 is 0 Å². The molecule has 0 fully saturated rings. The monoisotopic (exact) mass is 365 g/mol. The number of imidazole rings is 1. The van der Waals surface area contributed by atoms with E-state index in [2.05, 4.69) is 121 Å². The summed E-state index contributed by atoms with van der Waals surface area (Å²) in [5, 5.41) is 0. The smallest absolute Gasteiger partial charge is 0.213 e. The highest BCUT2D eigenvalue weighted by Gasteiger charge is 2.54. The lowest BCUT2D eigenvalue weighted by Gasteiger charge is -2.44. The van der Waals surface area contributed by atoms with Gasteiger partial charge in [-0.15, -0.1) is 0 Å². The van der Waals surface area contributed by atoms with E-state index >= 15 is 0 Å². The predicted octanol–water partition coefficient (Wildman–Crippen LogP) is 5.78. The summed E-state index contributed by atoms with van der Waals surface area (Å²) in [4.78, 5) is 0. The Balaban J connectivity index is 2.05.